The third-order valence-electron chi connectivity index (χ3n) is 4.85. The van der Waals surface area contributed by atoms with E-state index in [4.69, 9.17) is 4.74 Å². The molecule has 1 aromatic heterocycles. The number of carbonyl (C=O) groups is 1. The third-order valence-corrected chi connectivity index (χ3v) is 4.85. The number of aliphatic hydroxyl groups is 1. The lowest BCUT2D eigenvalue weighted by molar-refractivity contribution is 0.0694. The van der Waals surface area contributed by atoms with Crippen LogP contribution >= 0.6 is 0 Å². The Kier molecular flexibility index (Phi) is 3.47. The van der Waals surface area contributed by atoms with Gasteiger partial charge < -0.3 is 24.4 Å². The normalized spacial score (nSPS) is 22.3. The maximum Gasteiger partial charge on any atom is 0.341 e. The summed E-state index contributed by atoms with van der Waals surface area (Å²) in [7, 11) is 0. The quantitative estimate of drug-likeness (QED) is 0.852. The van der Waals surface area contributed by atoms with E-state index in [0.717, 1.165) is 6.07 Å². The number of halogens is 1. The number of hydrogen-bond acceptors (Lipinski definition) is 5. The van der Waals surface area contributed by atoms with Gasteiger partial charge in [0, 0.05) is 19.3 Å². The van der Waals surface area contributed by atoms with Crippen LogP contribution in [-0.4, -0.2) is 46.5 Å². The summed E-state index contributed by atoms with van der Waals surface area (Å²) >= 11 is 0. The number of ether oxygens (including phenoxy) is 1. The highest BCUT2D eigenvalue weighted by Crippen LogP contribution is 2.42. The van der Waals surface area contributed by atoms with Crippen molar-refractivity contribution in [2.75, 3.05) is 24.6 Å². The smallest absolute Gasteiger partial charge is 0.341 e. The Morgan fingerprint density at radius 1 is 1.44 bits per heavy atom. The fourth-order valence-corrected chi connectivity index (χ4v) is 3.60. The Balaban J connectivity index is 2.07. The van der Waals surface area contributed by atoms with Crippen LogP contribution in [0.3, 0.4) is 0 Å². The number of nitrogens with zero attached hydrogens (tertiary/aromatic N) is 2. The molecule has 0 aliphatic carbocycles. The molecule has 2 aromatic rings. The SMILES string of the molecule is C[C@H]1COc2c(N3CC[C@@H](O)C3)c(F)cc3c(=O)c(C(=O)O)cn1c23. The average molecular weight is 348 g/mol. The van der Waals surface area contributed by atoms with E-state index >= 15 is 0 Å². The molecular formula is C17H17FN2O5. The highest BCUT2D eigenvalue weighted by molar-refractivity contribution is 5.97. The predicted molar refractivity (Wildman–Crippen MR) is 88.2 cm³/mol. The first-order valence-electron chi connectivity index (χ1n) is 8.09. The summed E-state index contributed by atoms with van der Waals surface area (Å²) in [5.74, 6) is -1.77. The van der Waals surface area contributed by atoms with E-state index in [1.54, 1.807) is 9.47 Å². The van der Waals surface area contributed by atoms with Gasteiger partial charge in [0.2, 0.25) is 5.43 Å². The first kappa shape index (κ1) is 15.9. The topological polar surface area (TPSA) is 92.0 Å². The summed E-state index contributed by atoms with van der Waals surface area (Å²) in [6, 6.07) is 0.877. The number of benzene rings is 1. The summed E-state index contributed by atoms with van der Waals surface area (Å²) in [6.07, 6.45) is 1.28. The third kappa shape index (κ3) is 2.28. The van der Waals surface area contributed by atoms with Crippen molar-refractivity contribution in [3.63, 3.8) is 0 Å². The molecule has 0 saturated carbocycles. The lowest BCUT2D eigenvalue weighted by Crippen LogP contribution is -2.29. The van der Waals surface area contributed by atoms with Crippen LogP contribution in [0.4, 0.5) is 10.1 Å². The van der Waals surface area contributed by atoms with Gasteiger partial charge in [-0.15, -0.1) is 0 Å². The van der Waals surface area contributed by atoms with E-state index in [0.29, 0.717) is 18.5 Å². The van der Waals surface area contributed by atoms with E-state index in [2.05, 4.69) is 0 Å². The summed E-state index contributed by atoms with van der Waals surface area (Å²) < 4.78 is 22.2. The Hall–Kier alpha value is -2.61. The Morgan fingerprint density at radius 3 is 2.84 bits per heavy atom. The van der Waals surface area contributed by atoms with Crippen molar-refractivity contribution in [3.05, 3.63) is 33.9 Å². The van der Waals surface area contributed by atoms with Crippen molar-refractivity contribution < 1.29 is 24.1 Å². The minimum Gasteiger partial charge on any atom is -0.487 e. The lowest BCUT2D eigenvalue weighted by Gasteiger charge is -2.31. The van der Waals surface area contributed by atoms with Gasteiger partial charge in [-0.2, -0.15) is 0 Å². The Bertz CT molecular complexity index is 954. The first-order valence-corrected chi connectivity index (χ1v) is 8.09. The molecule has 1 saturated heterocycles. The highest BCUT2D eigenvalue weighted by Gasteiger charge is 2.32. The molecular weight excluding hydrogens is 331 g/mol. The fourth-order valence-electron chi connectivity index (χ4n) is 3.60. The fraction of sp³-hybridized carbons (Fsp3) is 0.412. The number of aliphatic hydroxyl groups excluding tert-OH is 1. The van der Waals surface area contributed by atoms with Crippen LogP contribution in [0.15, 0.2) is 17.1 Å². The number of carboxylic acid groups (broad SMARTS) is 1. The minimum absolute atomic E-state index is 0.0116. The van der Waals surface area contributed by atoms with Gasteiger partial charge in [0.15, 0.2) is 11.6 Å². The second-order valence-corrected chi connectivity index (χ2v) is 6.57. The summed E-state index contributed by atoms with van der Waals surface area (Å²) in [5.41, 5.74) is -0.515. The van der Waals surface area contributed by atoms with Gasteiger partial charge in [-0.05, 0) is 19.4 Å². The van der Waals surface area contributed by atoms with Crippen molar-refractivity contribution in [2.24, 2.45) is 0 Å². The first-order chi connectivity index (χ1) is 11.9. The number of β-amino-alcohol motifs (C(OH)–C–C–N with tert-alkyl or cyclic N) is 1. The van der Waals surface area contributed by atoms with Gasteiger partial charge in [-0.1, -0.05) is 0 Å². The van der Waals surface area contributed by atoms with Crippen LogP contribution in [0.1, 0.15) is 29.7 Å². The summed E-state index contributed by atoms with van der Waals surface area (Å²) in [6.45, 7) is 2.83. The zero-order valence-corrected chi connectivity index (χ0v) is 13.5. The molecule has 2 atom stereocenters. The van der Waals surface area contributed by atoms with Crippen LogP contribution in [0, 0.1) is 5.82 Å². The zero-order chi connectivity index (χ0) is 17.9. The van der Waals surface area contributed by atoms with Gasteiger partial charge >= 0.3 is 5.97 Å². The number of hydrogen-bond donors (Lipinski definition) is 2. The largest absolute Gasteiger partial charge is 0.487 e. The Labute approximate surface area is 141 Å². The van der Waals surface area contributed by atoms with Gasteiger partial charge in [-0.25, -0.2) is 9.18 Å². The molecule has 7 nitrogen and oxygen atoms in total. The number of rotatable bonds is 2. The molecule has 0 unspecified atom stereocenters. The maximum absolute atomic E-state index is 14.8. The number of anilines is 1. The van der Waals surface area contributed by atoms with Crippen molar-refractivity contribution in [1.29, 1.82) is 0 Å². The molecule has 0 spiro atoms. The standard InChI is InChI=1S/C17H17FN2O5/c1-8-7-25-16-13-10(15(22)11(17(23)24)6-20(8)13)4-12(18)14(16)19-3-2-9(21)5-19/h4,6,8-9,21H,2-3,5,7H2,1H3,(H,23,24)/t8-,9+/m0/s1. The van der Waals surface area contributed by atoms with E-state index in [1.165, 1.54) is 6.20 Å². The molecule has 0 radical (unpaired) electrons. The second-order valence-electron chi connectivity index (χ2n) is 6.57. The van der Waals surface area contributed by atoms with Crippen molar-refractivity contribution in [2.45, 2.75) is 25.5 Å². The van der Waals surface area contributed by atoms with Crippen molar-refractivity contribution in [1.82, 2.24) is 4.57 Å². The van der Waals surface area contributed by atoms with E-state index in [1.807, 2.05) is 6.92 Å². The highest BCUT2D eigenvalue weighted by atomic mass is 19.1. The molecule has 2 N–H and O–H groups in total. The van der Waals surface area contributed by atoms with Gasteiger partial charge in [0.25, 0.3) is 0 Å². The molecule has 4 rings (SSSR count). The molecule has 0 bridgehead atoms. The van der Waals surface area contributed by atoms with E-state index in [9.17, 15) is 24.2 Å². The van der Waals surface area contributed by atoms with Crippen LogP contribution in [0.2, 0.25) is 0 Å². The van der Waals surface area contributed by atoms with Crippen molar-refractivity contribution in [3.8, 4) is 5.75 Å². The van der Waals surface area contributed by atoms with E-state index in [-0.39, 0.29) is 36.0 Å². The van der Waals surface area contributed by atoms with Gasteiger partial charge in [-0.3, -0.25) is 4.79 Å². The molecule has 1 fully saturated rings. The lowest BCUT2D eigenvalue weighted by atomic mass is 10.1. The number of carboxylic acids is 1. The number of pyridine rings is 1. The minimum atomic E-state index is -1.34. The monoisotopic (exact) mass is 348 g/mol. The average Bonchev–Trinajstić information content (AvgIpc) is 2.98. The van der Waals surface area contributed by atoms with Crippen LogP contribution in [0.25, 0.3) is 10.9 Å². The number of aromatic nitrogens is 1. The van der Waals surface area contributed by atoms with Crippen molar-refractivity contribution >= 4 is 22.6 Å². The van der Waals surface area contributed by atoms with E-state index < -0.39 is 28.9 Å². The molecule has 0 amide bonds. The van der Waals surface area contributed by atoms with Gasteiger partial charge in [0.1, 0.15) is 17.9 Å². The summed E-state index contributed by atoms with van der Waals surface area (Å²) in [4.78, 5) is 25.6. The molecule has 8 heteroatoms. The Morgan fingerprint density at radius 2 is 2.20 bits per heavy atom. The van der Waals surface area contributed by atoms with Crippen LogP contribution in [0.5, 0.6) is 5.75 Å². The molecule has 1 aromatic carbocycles. The second kappa shape index (κ2) is 5.45. The summed E-state index contributed by atoms with van der Waals surface area (Å²) in [5, 5.41) is 19.0. The molecule has 132 valence electrons. The maximum atomic E-state index is 14.8. The zero-order valence-electron chi connectivity index (χ0n) is 13.5. The van der Waals surface area contributed by atoms with Gasteiger partial charge in [0.05, 0.1) is 23.0 Å². The molecule has 2 aliphatic heterocycles. The molecule has 25 heavy (non-hydrogen) atoms. The van der Waals surface area contributed by atoms with Crippen LogP contribution < -0.4 is 15.1 Å². The number of aromatic carboxylic acids is 1. The molecule has 3 heterocycles. The predicted octanol–water partition coefficient (Wildman–Crippen LogP) is 1.36. The molecule has 2 aliphatic rings. The van der Waals surface area contributed by atoms with Crippen LogP contribution in [-0.2, 0) is 0 Å².